The Balaban J connectivity index is 1.76. The van der Waals surface area contributed by atoms with Gasteiger partial charge in [0.2, 0.25) is 5.91 Å². The molecule has 0 spiro atoms. The second kappa shape index (κ2) is 5.97. The fourth-order valence-electron chi connectivity index (χ4n) is 3.13. The molecule has 1 amide bonds. The molecule has 0 bridgehead atoms. The topological polar surface area (TPSA) is 70.2 Å². The molecule has 21 heavy (non-hydrogen) atoms. The maximum Gasteiger partial charge on any atom is 0.244 e. The number of anilines is 1. The van der Waals surface area contributed by atoms with E-state index in [9.17, 15) is 4.79 Å². The number of nitrogens with zero attached hydrogens (tertiary/aromatic N) is 3. The van der Waals surface area contributed by atoms with Crippen LogP contribution in [0.3, 0.4) is 0 Å². The van der Waals surface area contributed by atoms with Crippen molar-refractivity contribution in [2.24, 2.45) is 0 Å². The molecule has 0 aromatic carbocycles. The Bertz CT molecular complexity index is 527. The molecule has 1 aromatic rings. The van der Waals surface area contributed by atoms with Crippen molar-refractivity contribution in [2.45, 2.75) is 38.1 Å². The summed E-state index contributed by atoms with van der Waals surface area (Å²) in [4.78, 5) is 22.8. The van der Waals surface area contributed by atoms with Crippen LogP contribution in [-0.4, -0.2) is 53.5 Å². The molecule has 2 N–H and O–H groups in total. The Hall–Kier alpha value is -1.69. The molecule has 6 nitrogen and oxygen atoms in total. The Morgan fingerprint density at radius 3 is 2.71 bits per heavy atom. The van der Waals surface area contributed by atoms with E-state index in [0.717, 1.165) is 56.2 Å². The quantitative estimate of drug-likeness (QED) is 0.865. The van der Waals surface area contributed by atoms with Crippen molar-refractivity contribution in [3.8, 4) is 0 Å². The highest BCUT2D eigenvalue weighted by Gasteiger charge is 2.29. The number of likely N-dealkylation sites (tertiary alicyclic amines) is 1. The third-order valence-electron chi connectivity index (χ3n) is 4.36. The first-order valence-electron chi connectivity index (χ1n) is 7.71. The fraction of sp³-hybridized carbons (Fsp3) is 0.667. The molecule has 114 valence electrons. The molecule has 0 saturated carbocycles. The van der Waals surface area contributed by atoms with Crippen LogP contribution in [-0.2, 0) is 4.79 Å². The number of nitrogens with one attached hydrogen (secondary N) is 2. The van der Waals surface area contributed by atoms with Crippen LogP contribution in [0.4, 0.5) is 5.82 Å². The van der Waals surface area contributed by atoms with Crippen molar-refractivity contribution < 1.29 is 4.79 Å². The summed E-state index contributed by atoms with van der Waals surface area (Å²) in [5.41, 5.74) is 1.10. The largest absolute Gasteiger partial charge is 0.358 e. The van der Waals surface area contributed by atoms with E-state index in [4.69, 9.17) is 0 Å². The minimum atomic E-state index is -0.148. The Labute approximate surface area is 125 Å². The monoisotopic (exact) mass is 289 g/mol. The summed E-state index contributed by atoms with van der Waals surface area (Å²) >= 11 is 0. The second-order valence-electron chi connectivity index (χ2n) is 5.99. The van der Waals surface area contributed by atoms with Gasteiger partial charge < -0.3 is 15.5 Å². The van der Waals surface area contributed by atoms with Crippen molar-refractivity contribution in [1.29, 1.82) is 0 Å². The van der Waals surface area contributed by atoms with E-state index >= 15 is 0 Å². The van der Waals surface area contributed by atoms with Gasteiger partial charge in [0, 0.05) is 31.3 Å². The SMILES string of the molecule is Cc1nc(N[C@H]2CCN(C)C2=O)cc(C2CCNCC2)n1. The summed E-state index contributed by atoms with van der Waals surface area (Å²) in [5, 5.41) is 6.66. The summed E-state index contributed by atoms with van der Waals surface area (Å²) in [5.74, 6) is 2.20. The molecule has 1 atom stereocenters. The number of aryl methyl sites for hydroxylation is 1. The standard InChI is InChI=1S/C15H23N5O/c1-10-17-13(11-3-6-16-7-4-11)9-14(18-10)19-12-5-8-20(2)15(12)21/h9,11-12,16H,3-8H2,1-2H3,(H,17,18,19)/t12-/m0/s1. The maximum atomic E-state index is 12.0. The maximum absolute atomic E-state index is 12.0. The number of amides is 1. The fourth-order valence-corrected chi connectivity index (χ4v) is 3.13. The van der Waals surface area contributed by atoms with Gasteiger partial charge in [-0.3, -0.25) is 4.79 Å². The van der Waals surface area contributed by atoms with E-state index in [1.54, 1.807) is 4.90 Å². The number of hydrogen-bond acceptors (Lipinski definition) is 5. The van der Waals surface area contributed by atoms with Crippen LogP contribution in [0.1, 0.15) is 36.7 Å². The van der Waals surface area contributed by atoms with Gasteiger partial charge in [0.15, 0.2) is 0 Å². The summed E-state index contributed by atoms with van der Waals surface area (Å²) in [6.07, 6.45) is 3.06. The molecule has 3 heterocycles. The molecule has 1 aromatic heterocycles. The van der Waals surface area contributed by atoms with Gasteiger partial charge in [-0.1, -0.05) is 0 Å². The van der Waals surface area contributed by atoms with E-state index in [0.29, 0.717) is 5.92 Å². The Morgan fingerprint density at radius 2 is 2.05 bits per heavy atom. The molecular weight excluding hydrogens is 266 g/mol. The number of likely N-dealkylation sites (N-methyl/N-ethyl adjacent to an activating group) is 1. The van der Waals surface area contributed by atoms with Crippen molar-refractivity contribution >= 4 is 11.7 Å². The van der Waals surface area contributed by atoms with Crippen molar-refractivity contribution in [3.63, 3.8) is 0 Å². The van der Waals surface area contributed by atoms with E-state index in [-0.39, 0.29) is 11.9 Å². The molecular formula is C15H23N5O. The van der Waals surface area contributed by atoms with E-state index in [1.807, 2.05) is 20.0 Å². The van der Waals surface area contributed by atoms with E-state index < -0.39 is 0 Å². The molecule has 2 aliphatic heterocycles. The number of carbonyl (C=O) groups is 1. The number of piperidine rings is 1. The molecule has 6 heteroatoms. The molecule has 0 aliphatic carbocycles. The van der Waals surface area contributed by atoms with E-state index in [2.05, 4.69) is 20.6 Å². The predicted molar refractivity (Wildman–Crippen MR) is 81.3 cm³/mol. The third kappa shape index (κ3) is 3.15. The van der Waals surface area contributed by atoms with Gasteiger partial charge in [0.05, 0.1) is 0 Å². The van der Waals surface area contributed by atoms with Crippen molar-refractivity contribution in [1.82, 2.24) is 20.2 Å². The summed E-state index contributed by atoms with van der Waals surface area (Å²) < 4.78 is 0. The Morgan fingerprint density at radius 1 is 1.29 bits per heavy atom. The summed E-state index contributed by atoms with van der Waals surface area (Å²) in [7, 11) is 1.84. The smallest absolute Gasteiger partial charge is 0.244 e. The van der Waals surface area contributed by atoms with Crippen LogP contribution in [0.2, 0.25) is 0 Å². The van der Waals surface area contributed by atoms with Gasteiger partial charge in [0.25, 0.3) is 0 Å². The lowest BCUT2D eigenvalue weighted by Crippen LogP contribution is -2.31. The van der Waals surface area contributed by atoms with Gasteiger partial charge in [-0.25, -0.2) is 9.97 Å². The van der Waals surface area contributed by atoms with Crippen LogP contribution in [0.5, 0.6) is 0 Å². The third-order valence-corrected chi connectivity index (χ3v) is 4.36. The van der Waals surface area contributed by atoms with Crippen LogP contribution in [0, 0.1) is 6.92 Å². The molecule has 3 rings (SSSR count). The summed E-state index contributed by atoms with van der Waals surface area (Å²) in [6, 6.07) is 1.87. The lowest BCUT2D eigenvalue weighted by molar-refractivity contribution is -0.127. The molecule has 2 fully saturated rings. The lowest BCUT2D eigenvalue weighted by atomic mass is 9.94. The minimum Gasteiger partial charge on any atom is -0.358 e. The minimum absolute atomic E-state index is 0.148. The van der Waals surface area contributed by atoms with Gasteiger partial charge in [-0.2, -0.15) is 0 Å². The van der Waals surface area contributed by atoms with Gasteiger partial charge >= 0.3 is 0 Å². The second-order valence-corrected chi connectivity index (χ2v) is 5.99. The van der Waals surface area contributed by atoms with Crippen molar-refractivity contribution in [2.75, 3.05) is 32.0 Å². The normalized spacial score (nSPS) is 23.6. The first-order valence-corrected chi connectivity index (χ1v) is 7.71. The van der Waals surface area contributed by atoms with Crippen molar-refractivity contribution in [3.05, 3.63) is 17.6 Å². The van der Waals surface area contributed by atoms with Gasteiger partial charge in [0.1, 0.15) is 17.7 Å². The predicted octanol–water partition coefficient (Wildman–Crippen LogP) is 0.895. The zero-order valence-electron chi connectivity index (χ0n) is 12.7. The van der Waals surface area contributed by atoms with Gasteiger partial charge in [-0.15, -0.1) is 0 Å². The first-order chi connectivity index (χ1) is 10.1. The van der Waals surface area contributed by atoms with Crippen LogP contribution in [0.25, 0.3) is 0 Å². The van der Waals surface area contributed by atoms with Crippen LogP contribution >= 0.6 is 0 Å². The van der Waals surface area contributed by atoms with E-state index in [1.165, 1.54) is 0 Å². The Kier molecular flexibility index (Phi) is 4.05. The lowest BCUT2D eigenvalue weighted by Gasteiger charge is -2.23. The van der Waals surface area contributed by atoms with Crippen LogP contribution in [0.15, 0.2) is 6.07 Å². The molecule has 0 unspecified atom stereocenters. The molecule has 2 saturated heterocycles. The number of carbonyl (C=O) groups excluding carboxylic acids is 1. The average molecular weight is 289 g/mol. The highest BCUT2D eigenvalue weighted by atomic mass is 16.2. The highest BCUT2D eigenvalue weighted by molar-refractivity contribution is 5.86. The highest BCUT2D eigenvalue weighted by Crippen LogP contribution is 2.25. The first kappa shape index (κ1) is 14.3. The average Bonchev–Trinajstić information content (AvgIpc) is 2.80. The molecule has 0 radical (unpaired) electrons. The van der Waals surface area contributed by atoms with Crippen LogP contribution < -0.4 is 10.6 Å². The van der Waals surface area contributed by atoms with Gasteiger partial charge in [-0.05, 0) is 39.3 Å². The number of hydrogen-bond donors (Lipinski definition) is 2. The zero-order chi connectivity index (χ0) is 14.8. The molecule has 2 aliphatic rings. The number of rotatable bonds is 3. The number of aromatic nitrogens is 2. The summed E-state index contributed by atoms with van der Waals surface area (Å²) in [6.45, 7) is 4.81. The zero-order valence-corrected chi connectivity index (χ0v) is 12.7.